The van der Waals surface area contributed by atoms with Gasteiger partial charge in [0.15, 0.2) is 0 Å². The lowest BCUT2D eigenvalue weighted by molar-refractivity contribution is -0.117. The third-order valence-electron chi connectivity index (χ3n) is 4.55. The molecule has 0 bridgehead atoms. The quantitative estimate of drug-likeness (QED) is 0.860. The minimum absolute atomic E-state index is 0.103. The Morgan fingerprint density at radius 3 is 2.96 bits per heavy atom. The first kappa shape index (κ1) is 16.4. The normalized spacial score (nSPS) is 20.5. The zero-order chi connectivity index (χ0) is 18.3. The van der Waals surface area contributed by atoms with Gasteiger partial charge in [-0.15, -0.1) is 0 Å². The number of benzene rings is 1. The zero-order valence-corrected chi connectivity index (χ0v) is 13.5. The van der Waals surface area contributed by atoms with E-state index in [4.69, 9.17) is 0 Å². The minimum Gasteiger partial charge on any atom is -0.435 e. The standard InChI is InChI=1S/C18H15F2N3O3/c19-18(20)26-14-4-2-1-3-11(14)12-6-13(12)16(24)23-10-5-9-7-22-17(25)15(9)21-8-10/h1-5,8,12-13,18H,6-7H2,(H,22,25)(H,23,24). The molecule has 2 N–H and O–H groups in total. The molecule has 2 aliphatic rings. The van der Waals surface area contributed by atoms with E-state index < -0.39 is 6.61 Å². The van der Waals surface area contributed by atoms with E-state index in [1.165, 1.54) is 12.3 Å². The molecule has 4 rings (SSSR count). The Morgan fingerprint density at radius 2 is 2.15 bits per heavy atom. The maximum absolute atomic E-state index is 12.5. The van der Waals surface area contributed by atoms with Crippen molar-refractivity contribution in [2.24, 2.45) is 5.92 Å². The van der Waals surface area contributed by atoms with E-state index in [1.807, 2.05) is 0 Å². The SMILES string of the molecule is O=C1NCc2cc(NC(=O)C3CC3c3ccccc3OC(F)F)cnc21. The summed E-state index contributed by atoms with van der Waals surface area (Å²) in [7, 11) is 0. The second-order valence-electron chi connectivity index (χ2n) is 6.27. The summed E-state index contributed by atoms with van der Waals surface area (Å²) in [5, 5.41) is 5.44. The number of fused-ring (bicyclic) bond motifs is 1. The fourth-order valence-corrected chi connectivity index (χ4v) is 3.23. The van der Waals surface area contributed by atoms with Gasteiger partial charge in [0.2, 0.25) is 5.91 Å². The Morgan fingerprint density at radius 1 is 1.35 bits per heavy atom. The Hall–Kier alpha value is -3.03. The number of anilines is 1. The Labute approximate surface area is 147 Å². The highest BCUT2D eigenvalue weighted by molar-refractivity contribution is 5.98. The second-order valence-corrected chi connectivity index (χ2v) is 6.27. The number of ether oxygens (including phenoxy) is 1. The van der Waals surface area contributed by atoms with Crippen LogP contribution in [0, 0.1) is 5.92 Å². The fraction of sp³-hybridized carbons (Fsp3) is 0.278. The van der Waals surface area contributed by atoms with Crippen molar-refractivity contribution in [1.82, 2.24) is 10.3 Å². The summed E-state index contributed by atoms with van der Waals surface area (Å²) in [6.07, 6.45) is 2.00. The second kappa shape index (κ2) is 6.36. The van der Waals surface area contributed by atoms with E-state index in [0.29, 0.717) is 29.9 Å². The van der Waals surface area contributed by atoms with Crippen molar-refractivity contribution >= 4 is 17.5 Å². The lowest BCUT2D eigenvalue weighted by Crippen LogP contribution is -2.15. The van der Waals surface area contributed by atoms with Gasteiger partial charge in [0.25, 0.3) is 5.91 Å². The number of para-hydroxylation sites is 1. The molecule has 0 radical (unpaired) electrons. The predicted molar refractivity (Wildman–Crippen MR) is 88.0 cm³/mol. The van der Waals surface area contributed by atoms with Gasteiger partial charge in [-0.1, -0.05) is 18.2 Å². The third kappa shape index (κ3) is 3.10. The summed E-state index contributed by atoms with van der Waals surface area (Å²) in [5.41, 5.74) is 2.21. The van der Waals surface area contributed by atoms with Gasteiger partial charge in [-0.2, -0.15) is 8.78 Å². The number of nitrogens with zero attached hydrogens (tertiary/aromatic N) is 1. The molecule has 8 heteroatoms. The van der Waals surface area contributed by atoms with Gasteiger partial charge in [0, 0.05) is 18.0 Å². The number of rotatable bonds is 5. The molecule has 2 amide bonds. The topological polar surface area (TPSA) is 80.3 Å². The van der Waals surface area contributed by atoms with Crippen LogP contribution in [0.3, 0.4) is 0 Å². The summed E-state index contributed by atoms with van der Waals surface area (Å²) in [4.78, 5) is 28.0. The smallest absolute Gasteiger partial charge is 0.387 e. The van der Waals surface area contributed by atoms with Crippen molar-refractivity contribution in [3.8, 4) is 5.75 Å². The van der Waals surface area contributed by atoms with E-state index in [1.54, 1.807) is 24.3 Å². The van der Waals surface area contributed by atoms with Gasteiger partial charge < -0.3 is 15.4 Å². The monoisotopic (exact) mass is 359 g/mol. The Bertz CT molecular complexity index is 888. The van der Waals surface area contributed by atoms with Gasteiger partial charge >= 0.3 is 6.61 Å². The molecule has 1 aromatic heterocycles. The van der Waals surface area contributed by atoms with Crippen LogP contribution < -0.4 is 15.4 Å². The number of pyridine rings is 1. The third-order valence-corrected chi connectivity index (χ3v) is 4.55. The molecule has 0 saturated heterocycles. The molecular weight excluding hydrogens is 344 g/mol. The van der Waals surface area contributed by atoms with Crippen LogP contribution in [0.25, 0.3) is 0 Å². The van der Waals surface area contributed by atoms with Gasteiger partial charge in [-0.25, -0.2) is 4.98 Å². The van der Waals surface area contributed by atoms with Crippen LogP contribution in [-0.2, 0) is 11.3 Å². The van der Waals surface area contributed by atoms with Crippen molar-refractivity contribution < 1.29 is 23.1 Å². The first-order valence-corrected chi connectivity index (χ1v) is 8.14. The van der Waals surface area contributed by atoms with Crippen LogP contribution in [0.2, 0.25) is 0 Å². The highest BCUT2D eigenvalue weighted by Crippen LogP contribution is 2.51. The number of halogens is 2. The van der Waals surface area contributed by atoms with Crippen LogP contribution in [0.4, 0.5) is 14.5 Å². The van der Waals surface area contributed by atoms with Crippen molar-refractivity contribution in [3.05, 3.63) is 53.3 Å². The first-order valence-electron chi connectivity index (χ1n) is 8.14. The lowest BCUT2D eigenvalue weighted by atomic mass is 10.1. The van der Waals surface area contributed by atoms with Crippen LogP contribution in [-0.4, -0.2) is 23.4 Å². The van der Waals surface area contributed by atoms with E-state index in [9.17, 15) is 18.4 Å². The number of aromatic nitrogens is 1. The molecule has 1 aromatic carbocycles. The molecule has 134 valence electrons. The van der Waals surface area contributed by atoms with Gasteiger partial charge in [-0.05, 0) is 30.0 Å². The highest BCUT2D eigenvalue weighted by atomic mass is 19.3. The molecular formula is C18H15F2N3O3. The van der Waals surface area contributed by atoms with Crippen LogP contribution in [0.5, 0.6) is 5.75 Å². The number of hydrogen-bond donors (Lipinski definition) is 2. The van der Waals surface area contributed by atoms with E-state index in [2.05, 4.69) is 20.4 Å². The molecule has 2 unspecified atom stereocenters. The number of amides is 2. The molecule has 2 aromatic rings. The maximum Gasteiger partial charge on any atom is 0.387 e. The summed E-state index contributed by atoms with van der Waals surface area (Å²) in [6.45, 7) is -2.52. The number of hydrogen-bond acceptors (Lipinski definition) is 4. The first-order chi connectivity index (χ1) is 12.5. The van der Waals surface area contributed by atoms with E-state index in [0.717, 1.165) is 5.56 Å². The highest BCUT2D eigenvalue weighted by Gasteiger charge is 2.45. The summed E-state index contributed by atoms with van der Waals surface area (Å²) < 4.78 is 29.6. The molecule has 0 spiro atoms. The fourth-order valence-electron chi connectivity index (χ4n) is 3.23. The maximum atomic E-state index is 12.5. The molecule has 2 atom stereocenters. The Kier molecular flexibility index (Phi) is 4.02. The average Bonchev–Trinajstić information content (AvgIpc) is 3.33. The molecule has 1 saturated carbocycles. The van der Waals surface area contributed by atoms with E-state index in [-0.39, 0.29) is 29.4 Å². The largest absolute Gasteiger partial charge is 0.435 e. The summed E-state index contributed by atoms with van der Waals surface area (Å²) >= 11 is 0. The molecule has 26 heavy (non-hydrogen) atoms. The summed E-state index contributed by atoms with van der Waals surface area (Å²) in [6, 6.07) is 8.23. The molecule has 2 heterocycles. The van der Waals surface area contributed by atoms with Crippen LogP contribution in [0.1, 0.15) is 34.0 Å². The van der Waals surface area contributed by atoms with E-state index >= 15 is 0 Å². The van der Waals surface area contributed by atoms with Gasteiger partial charge in [-0.3, -0.25) is 9.59 Å². The molecule has 6 nitrogen and oxygen atoms in total. The Balaban J connectivity index is 1.45. The van der Waals surface area contributed by atoms with Crippen molar-refractivity contribution in [2.45, 2.75) is 25.5 Å². The van der Waals surface area contributed by atoms with Gasteiger partial charge in [0.1, 0.15) is 11.4 Å². The van der Waals surface area contributed by atoms with Crippen molar-refractivity contribution in [3.63, 3.8) is 0 Å². The minimum atomic E-state index is -2.91. The molecule has 1 aliphatic carbocycles. The number of nitrogens with one attached hydrogen (secondary N) is 2. The summed E-state index contributed by atoms with van der Waals surface area (Å²) in [5.74, 6) is -0.802. The number of carbonyl (C=O) groups excluding carboxylic acids is 2. The van der Waals surface area contributed by atoms with Crippen molar-refractivity contribution in [2.75, 3.05) is 5.32 Å². The predicted octanol–water partition coefficient (Wildman–Crippen LogP) is 2.67. The van der Waals surface area contributed by atoms with Crippen molar-refractivity contribution in [1.29, 1.82) is 0 Å². The van der Waals surface area contributed by atoms with Gasteiger partial charge in [0.05, 0.1) is 11.9 Å². The zero-order valence-electron chi connectivity index (χ0n) is 13.5. The molecule has 1 fully saturated rings. The average molecular weight is 359 g/mol. The number of alkyl halides is 2. The molecule has 1 aliphatic heterocycles. The van der Waals surface area contributed by atoms with Crippen LogP contribution in [0.15, 0.2) is 36.5 Å². The van der Waals surface area contributed by atoms with Crippen LogP contribution >= 0.6 is 0 Å². The number of carbonyl (C=O) groups is 2. The lowest BCUT2D eigenvalue weighted by Gasteiger charge is -2.10.